The Labute approximate surface area is 192 Å². The minimum Gasteiger partial charge on any atom is -0.507 e. The lowest BCUT2D eigenvalue weighted by Crippen LogP contribution is -2.25. The van der Waals surface area contributed by atoms with Gasteiger partial charge in [-0.25, -0.2) is 0 Å². The summed E-state index contributed by atoms with van der Waals surface area (Å²) in [6, 6.07) is 13.0. The predicted molar refractivity (Wildman–Crippen MR) is 140 cm³/mol. The van der Waals surface area contributed by atoms with Crippen LogP contribution in [-0.2, 0) is 16.0 Å². The lowest BCUT2D eigenvalue weighted by Gasteiger charge is -2.36. The summed E-state index contributed by atoms with van der Waals surface area (Å²) in [5, 5.41) is 12.7. The van der Waals surface area contributed by atoms with Crippen molar-refractivity contribution in [3.63, 3.8) is 0 Å². The smallest absolute Gasteiger partial charge is 0.123 e. The minimum absolute atomic E-state index is 0.0179. The van der Waals surface area contributed by atoms with Crippen molar-refractivity contribution in [1.82, 2.24) is 0 Å². The summed E-state index contributed by atoms with van der Waals surface area (Å²) >= 11 is 0. The summed E-state index contributed by atoms with van der Waals surface area (Å²) in [5.41, 5.74) is 4.51. The molecule has 0 aromatic heterocycles. The van der Waals surface area contributed by atoms with Gasteiger partial charge in [-0.1, -0.05) is 113 Å². The highest BCUT2D eigenvalue weighted by atomic mass is 31.1. The number of aliphatic imine (C=N–C) groups is 1. The van der Waals surface area contributed by atoms with E-state index >= 15 is 0 Å². The van der Waals surface area contributed by atoms with Gasteiger partial charge in [0.05, 0.1) is 0 Å². The lowest BCUT2D eigenvalue weighted by atomic mass is 9.77. The molecule has 0 spiro atoms. The molecule has 2 rings (SSSR count). The Kier molecular flexibility index (Phi) is 8.15. The number of rotatable bonds is 7. The van der Waals surface area contributed by atoms with Gasteiger partial charge in [-0.3, -0.25) is 4.99 Å². The van der Waals surface area contributed by atoms with Crippen molar-refractivity contribution >= 4 is 20.1 Å². The SMILES string of the molecule is CCCCC(C)(Pc1ccccc1C=NC)c1cc(C(C)(C)C)cc(C(C)(C)C)c1O. The molecule has 0 amide bonds. The summed E-state index contributed by atoms with van der Waals surface area (Å²) in [5.74, 6) is 0.480. The highest BCUT2D eigenvalue weighted by Gasteiger charge is 2.34. The van der Waals surface area contributed by atoms with Crippen LogP contribution in [0, 0.1) is 0 Å². The van der Waals surface area contributed by atoms with Gasteiger partial charge in [-0.05, 0) is 39.2 Å². The Morgan fingerprint density at radius 2 is 1.55 bits per heavy atom. The molecule has 0 aliphatic rings. The first-order valence-electron chi connectivity index (χ1n) is 11.5. The van der Waals surface area contributed by atoms with Crippen molar-refractivity contribution in [3.05, 3.63) is 58.7 Å². The van der Waals surface area contributed by atoms with Gasteiger partial charge >= 0.3 is 0 Å². The first kappa shape index (κ1) is 25.6. The third-order valence-electron chi connectivity index (χ3n) is 6.05. The van der Waals surface area contributed by atoms with Crippen LogP contribution in [-0.4, -0.2) is 18.4 Å². The molecule has 2 aromatic carbocycles. The number of hydrogen-bond acceptors (Lipinski definition) is 2. The first-order valence-corrected chi connectivity index (χ1v) is 12.5. The van der Waals surface area contributed by atoms with Crippen molar-refractivity contribution in [2.24, 2.45) is 4.99 Å². The second-order valence-corrected chi connectivity index (χ2v) is 12.8. The maximum atomic E-state index is 11.6. The van der Waals surface area contributed by atoms with E-state index in [-0.39, 0.29) is 16.0 Å². The Morgan fingerprint density at radius 1 is 0.935 bits per heavy atom. The Hall–Kier alpha value is -1.66. The summed E-state index contributed by atoms with van der Waals surface area (Å²) in [6.45, 7) is 17.9. The summed E-state index contributed by atoms with van der Waals surface area (Å²) in [4.78, 5) is 4.27. The first-order chi connectivity index (χ1) is 14.3. The van der Waals surface area contributed by atoms with Gasteiger partial charge in [0.2, 0.25) is 0 Å². The highest BCUT2D eigenvalue weighted by molar-refractivity contribution is 7.48. The molecule has 2 nitrogen and oxygen atoms in total. The van der Waals surface area contributed by atoms with Crippen molar-refractivity contribution in [1.29, 1.82) is 0 Å². The monoisotopic (exact) mass is 439 g/mol. The standard InChI is InChI=1S/C28H42NOP/c1-10-11-16-28(8,31-24-15-13-12-14-20(24)19-29-9)23-18-21(26(2,3)4)17-22(25(23)30)27(5,6)7/h12-15,17-19,30-31H,10-11,16H2,1-9H3. The second-order valence-electron chi connectivity index (χ2n) is 11.0. The molecule has 1 N–H and O–H groups in total. The summed E-state index contributed by atoms with van der Waals surface area (Å²) < 4.78 is 0. The topological polar surface area (TPSA) is 32.6 Å². The summed E-state index contributed by atoms with van der Waals surface area (Å²) in [6.07, 6.45) is 5.28. The maximum absolute atomic E-state index is 11.6. The van der Waals surface area contributed by atoms with E-state index in [0.717, 1.165) is 30.4 Å². The van der Waals surface area contributed by atoms with E-state index in [1.54, 1.807) is 0 Å². The number of unbranched alkanes of at least 4 members (excludes halogenated alkanes) is 1. The number of nitrogens with zero attached hydrogens (tertiary/aromatic N) is 1. The van der Waals surface area contributed by atoms with E-state index in [1.165, 1.54) is 16.4 Å². The Morgan fingerprint density at radius 3 is 2.10 bits per heavy atom. The number of phenols is 1. The molecular formula is C28H42NOP. The van der Waals surface area contributed by atoms with Crippen LogP contribution in [0.2, 0.25) is 0 Å². The molecule has 2 unspecified atom stereocenters. The molecule has 0 saturated carbocycles. The molecule has 3 heteroatoms. The van der Waals surface area contributed by atoms with Crippen LogP contribution in [0.4, 0.5) is 0 Å². The molecule has 0 aliphatic carbocycles. The third kappa shape index (κ3) is 6.19. The van der Waals surface area contributed by atoms with Gasteiger partial charge in [-0.15, -0.1) is 0 Å². The molecule has 0 saturated heterocycles. The van der Waals surface area contributed by atoms with Crippen molar-refractivity contribution in [3.8, 4) is 5.75 Å². The molecule has 0 radical (unpaired) electrons. The molecule has 0 heterocycles. The van der Waals surface area contributed by atoms with E-state index in [9.17, 15) is 5.11 Å². The van der Waals surface area contributed by atoms with Gasteiger partial charge < -0.3 is 5.11 Å². The van der Waals surface area contributed by atoms with Crippen molar-refractivity contribution in [2.45, 2.75) is 90.6 Å². The Bertz CT molecular complexity index is 918. The van der Waals surface area contributed by atoms with E-state index in [4.69, 9.17) is 0 Å². The average molecular weight is 440 g/mol. The second kappa shape index (κ2) is 9.86. The molecule has 0 fully saturated rings. The van der Waals surface area contributed by atoms with Crippen LogP contribution in [0.1, 0.15) is 96.9 Å². The number of hydrogen-bond donors (Lipinski definition) is 1. The van der Waals surface area contributed by atoms with Crippen LogP contribution in [0.3, 0.4) is 0 Å². The van der Waals surface area contributed by atoms with Gasteiger partial charge in [0.25, 0.3) is 0 Å². The zero-order valence-electron chi connectivity index (χ0n) is 21.1. The fourth-order valence-electron chi connectivity index (χ4n) is 4.01. The van der Waals surface area contributed by atoms with Gasteiger partial charge in [0, 0.05) is 24.0 Å². The molecule has 2 aromatic rings. The van der Waals surface area contributed by atoms with E-state index < -0.39 is 0 Å². The van der Waals surface area contributed by atoms with Crippen LogP contribution in [0.15, 0.2) is 41.4 Å². The zero-order chi connectivity index (χ0) is 23.4. The maximum Gasteiger partial charge on any atom is 0.123 e. The van der Waals surface area contributed by atoms with E-state index in [1.807, 2.05) is 13.3 Å². The Balaban J connectivity index is 2.75. The number of phenolic OH excluding ortho intramolecular Hbond substituents is 1. The minimum atomic E-state index is -0.140. The fraction of sp³-hybridized carbons (Fsp3) is 0.536. The van der Waals surface area contributed by atoms with E-state index in [0.29, 0.717) is 14.3 Å². The van der Waals surface area contributed by atoms with Gasteiger partial charge in [0.15, 0.2) is 0 Å². The largest absolute Gasteiger partial charge is 0.507 e. The van der Waals surface area contributed by atoms with Crippen LogP contribution in [0.5, 0.6) is 5.75 Å². The van der Waals surface area contributed by atoms with E-state index in [2.05, 4.69) is 96.8 Å². The van der Waals surface area contributed by atoms with Crippen molar-refractivity contribution < 1.29 is 5.11 Å². The normalized spacial score (nSPS) is 15.1. The summed E-state index contributed by atoms with van der Waals surface area (Å²) in [7, 11) is 2.37. The van der Waals surface area contributed by atoms with Crippen LogP contribution >= 0.6 is 8.58 Å². The molecule has 0 bridgehead atoms. The predicted octanol–water partition coefficient (Wildman–Crippen LogP) is 7.45. The zero-order valence-corrected chi connectivity index (χ0v) is 22.1. The fourth-order valence-corrected chi connectivity index (χ4v) is 5.71. The quantitative estimate of drug-likeness (QED) is 0.353. The van der Waals surface area contributed by atoms with Crippen LogP contribution in [0.25, 0.3) is 0 Å². The number of aromatic hydroxyl groups is 1. The lowest BCUT2D eigenvalue weighted by molar-refractivity contribution is 0.425. The highest BCUT2D eigenvalue weighted by Crippen LogP contribution is 2.51. The molecule has 2 atom stereocenters. The van der Waals surface area contributed by atoms with Crippen LogP contribution < -0.4 is 5.30 Å². The average Bonchev–Trinajstić information content (AvgIpc) is 2.66. The van der Waals surface area contributed by atoms with Gasteiger partial charge in [-0.2, -0.15) is 0 Å². The number of benzene rings is 2. The van der Waals surface area contributed by atoms with Gasteiger partial charge in [0.1, 0.15) is 5.75 Å². The molecular weight excluding hydrogens is 397 g/mol. The van der Waals surface area contributed by atoms with Crippen molar-refractivity contribution in [2.75, 3.05) is 7.05 Å². The molecule has 0 aliphatic heterocycles. The molecule has 31 heavy (non-hydrogen) atoms. The molecule has 170 valence electrons. The third-order valence-corrected chi connectivity index (χ3v) is 7.84.